The predicted molar refractivity (Wildman–Crippen MR) is 107 cm³/mol. The van der Waals surface area contributed by atoms with E-state index in [1.165, 1.54) is 5.56 Å². The summed E-state index contributed by atoms with van der Waals surface area (Å²) in [7, 11) is -1.30. The molecule has 0 unspecified atom stereocenters. The summed E-state index contributed by atoms with van der Waals surface area (Å²) in [5.41, 5.74) is 2.32. The third-order valence-electron chi connectivity index (χ3n) is 5.13. The van der Waals surface area contributed by atoms with Crippen LogP contribution in [-0.2, 0) is 21.1 Å². The number of sulfone groups is 1. The molecule has 1 aliphatic heterocycles. The van der Waals surface area contributed by atoms with Gasteiger partial charge in [-0.15, -0.1) is 0 Å². The molecule has 2 aromatic rings. The molecule has 0 aliphatic carbocycles. The average molecular weight is 387 g/mol. The van der Waals surface area contributed by atoms with E-state index in [0.717, 1.165) is 12.0 Å². The molecule has 1 fully saturated rings. The highest BCUT2D eigenvalue weighted by Crippen LogP contribution is 2.19. The Morgan fingerprint density at radius 2 is 1.74 bits per heavy atom. The summed E-state index contributed by atoms with van der Waals surface area (Å²) in [6.07, 6.45) is 1.30. The first-order chi connectivity index (χ1) is 12.9. The average Bonchev–Trinajstić information content (AvgIpc) is 3.05. The van der Waals surface area contributed by atoms with Gasteiger partial charge >= 0.3 is 0 Å². The Kier molecular flexibility index (Phi) is 6.29. The fourth-order valence-electron chi connectivity index (χ4n) is 3.46. The second-order valence-electron chi connectivity index (χ2n) is 7.10. The van der Waals surface area contributed by atoms with Gasteiger partial charge in [-0.2, -0.15) is 0 Å². The Hall–Kier alpha value is -2.18. The zero-order valence-corrected chi connectivity index (χ0v) is 16.4. The quantitative estimate of drug-likeness (QED) is 0.792. The van der Waals surface area contributed by atoms with Crippen molar-refractivity contribution in [1.29, 1.82) is 0 Å². The number of likely N-dealkylation sites (N-methyl/N-ethyl adjacent to an activating group) is 1. The molecular weight excluding hydrogens is 360 g/mol. The van der Waals surface area contributed by atoms with Gasteiger partial charge in [0.1, 0.15) is 0 Å². The van der Waals surface area contributed by atoms with Crippen LogP contribution in [0.4, 0.5) is 0 Å². The van der Waals surface area contributed by atoms with Crippen molar-refractivity contribution >= 4 is 15.7 Å². The Morgan fingerprint density at radius 1 is 1.11 bits per heavy atom. The van der Waals surface area contributed by atoms with Crippen molar-refractivity contribution in [2.45, 2.75) is 24.9 Å². The van der Waals surface area contributed by atoms with E-state index in [2.05, 4.69) is 29.6 Å². The van der Waals surface area contributed by atoms with Gasteiger partial charge in [-0.25, -0.2) is 8.42 Å². The molecule has 1 amide bonds. The largest absolute Gasteiger partial charge is 0.341 e. The molecule has 144 valence electrons. The monoisotopic (exact) mass is 386 g/mol. The fourth-order valence-corrected chi connectivity index (χ4v) is 5.24. The van der Waals surface area contributed by atoms with Crippen LogP contribution in [0.25, 0.3) is 0 Å². The molecule has 2 aromatic carbocycles. The summed E-state index contributed by atoms with van der Waals surface area (Å²) in [5, 5.41) is 3.37. The van der Waals surface area contributed by atoms with Gasteiger partial charge in [-0.05, 0) is 24.0 Å². The lowest BCUT2D eigenvalue weighted by atomic mass is 9.99. The fraction of sp³-hybridized carbons (Fsp3) is 0.381. The topological polar surface area (TPSA) is 66.5 Å². The molecule has 1 N–H and O–H groups in total. The highest BCUT2D eigenvalue weighted by Gasteiger charge is 2.32. The number of rotatable bonds is 7. The van der Waals surface area contributed by atoms with Gasteiger partial charge in [0.15, 0.2) is 9.84 Å². The normalized spacial score (nSPS) is 19.5. The van der Waals surface area contributed by atoms with Crippen LogP contribution >= 0.6 is 0 Å². The van der Waals surface area contributed by atoms with Crippen molar-refractivity contribution in [1.82, 2.24) is 10.2 Å². The molecule has 0 aromatic heterocycles. The van der Waals surface area contributed by atoms with E-state index in [4.69, 9.17) is 0 Å². The van der Waals surface area contributed by atoms with Gasteiger partial charge < -0.3 is 10.2 Å². The van der Waals surface area contributed by atoms with Gasteiger partial charge in [0.2, 0.25) is 5.91 Å². The first-order valence-electron chi connectivity index (χ1n) is 9.23. The molecule has 0 spiro atoms. The maximum absolute atomic E-state index is 12.6. The lowest BCUT2D eigenvalue weighted by molar-refractivity contribution is -0.130. The van der Waals surface area contributed by atoms with E-state index in [9.17, 15) is 13.2 Å². The summed E-state index contributed by atoms with van der Waals surface area (Å²) in [5.74, 6) is 0.163. The van der Waals surface area contributed by atoms with Crippen molar-refractivity contribution in [2.75, 3.05) is 25.1 Å². The van der Waals surface area contributed by atoms with Crippen molar-refractivity contribution in [3.05, 3.63) is 71.8 Å². The minimum Gasteiger partial charge on any atom is -0.341 e. The molecule has 27 heavy (non-hydrogen) atoms. The minimum absolute atomic E-state index is 0.0123. The van der Waals surface area contributed by atoms with Crippen LogP contribution < -0.4 is 5.32 Å². The molecule has 1 aliphatic rings. The standard InChI is InChI=1S/C21H26N2O3S/c1-23(19-12-13-27(25,26)16-19)21(24)15-22-20(18-10-6-3-7-11-18)14-17-8-4-2-5-9-17/h2-11,19-20,22H,12-16H2,1H3/t19-,20-/m0/s1. The van der Waals surface area contributed by atoms with Crippen LogP contribution in [0.3, 0.4) is 0 Å². The Balaban J connectivity index is 1.64. The SMILES string of the molecule is CN(C(=O)CN[C@@H](Cc1ccccc1)c1ccccc1)[C@H]1CCS(=O)(=O)C1. The molecular formula is C21H26N2O3S. The number of carbonyl (C=O) groups excluding carboxylic acids is 1. The number of carbonyl (C=O) groups is 1. The highest BCUT2D eigenvalue weighted by atomic mass is 32.2. The van der Waals surface area contributed by atoms with E-state index in [0.29, 0.717) is 6.42 Å². The predicted octanol–water partition coefficient (Wildman–Crippen LogP) is 2.21. The summed E-state index contributed by atoms with van der Waals surface area (Å²) in [6.45, 7) is 0.180. The number of nitrogens with one attached hydrogen (secondary N) is 1. The molecule has 1 saturated heterocycles. The van der Waals surface area contributed by atoms with Gasteiger partial charge in [0, 0.05) is 19.1 Å². The second kappa shape index (κ2) is 8.67. The first kappa shape index (κ1) is 19.6. The van der Waals surface area contributed by atoms with Crippen molar-refractivity contribution in [2.24, 2.45) is 0 Å². The summed E-state index contributed by atoms with van der Waals surface area (Å²) < 4.78 is 23.3. The molecule has 6 heteroatoms. The Bertz CT molecular complexity index is 854. The van der Waals surface area contributed by atoms with E-state index in [-0.39, 0.29) is 36.0 Å². The first-order valence-corrected chi connectivity index (χ1v) is 11.0. The van der Waals surface area contributed by atoms with Gasteiger partial charge in [0.05, 0.1) is 18.1 Å². The van der Waals surface area contributed by atoms with Crippen LogP contribution in [0.15, 0.2) is 60.7 Å². The molecule has 0 radical (unpaired) electrons. The maximum Gasteiger partial charge on any atom is 0.236 e. The third-order valence-corrected chi connectivity index (χ3v) is 6.88. The summed E-state index contributed by atoms with van der Waals surface area (Å²) in [4.78, 5) is 14.2. The van der Waals surface area contributed by atoms with Crippen LogP contribution in [0.2, 0.25) is 0 Å². The lowest BCUT2D eigenvalue weighted by Gasteiger charge is -2.25. The van der Waals surface area contributed by atoms with Crippen molar-refractivity contribution < 1.29 is 13.2 Å². The van der Waals surface area contributed by atoms with Crippen LogP contribution in [0, 0.1) is 0 Å². The maximum atomic E-state index is 12.6. The van der Waals surface area contributed by atoms with Crippen molar-refractivity contribution in [3.63, 3.8) is 0 Å². The molecule has 3 rings (SSSR count). The Morgan fingerprint density at radius 3 is 2.33 bits per heavy atom. The summed E-state index contributed by atoms with van der Waals surface area (Å²) >= 11 is 0. The van der Waals surface area contributed by atoms with Crippen molar-refractivity contribution in [3.8, 4) is 0 Å². The number of hydrogen-bond donors (Lipinski definition) is 1. The van der Waals surface area contributed by atoms with Crippen LogP contribution in [0.5, 0.6) is 0 Å². The third kappa shape index (κ3) is 5.40. The lowest BCUT2D eigenvalue weighted by Crippen LogP contribution is -2.43. The number of amides is 1. The van der Waals surface area contributed by atoms with Crippen LogP contribution in [0.1, 0.15) is 23.6 Å². The van der Waals surface area contributed by atoms with Gasteiger partial charge in [-0.3, -0.25) is 4.79 Å². The highest BCUT2D eigenvalue weighted by molar-refractivity contribution is 7.91. The van der Waals surface area contributed by atoms with E-state index in [1.807, 2.05) is 36.4 Å². The molecule has 5 nitrogen and oxygen atoms in total. The zero-order valence-electron chi connectivity index (χ0n) is 15.5. The van der Waals surface area contributed by atoms with Gasteiger partial charge in [0.25, 0.3) is 0 Å². The summed E-state index contributed by atoms with van der Waals surface area (Å²) in [6, 6.07) is 20.0. The van der Waals surface area contributed by atoms with E-state index < -0.39 is 9.84 Å². The minimum atomic E-state index is -3.00. The molecule has 1 heterocycles. The second-order valence-corrected chi connectivity index (χ2v) is 9.32. The number of benzene rings is 2. The molecule has 0 bridgehead atoms. The van der Waals surface area contributed by atoms with E-state index in [1.54, 1.807) is 11.9 Å². The molecule has 0 saturated carbocycles. The Labute approximate surface area is 161 Å². The van der Waals surface area contributed by atoms with Crippen LogP contribution in [-0.4, -0.2) is 50.4 Å². The molecule has 2 atom stereocenters. The zero-order chi connectivity index (χ0) is 19.3. The smallest absolute Gasteiger partial charge is 0.236 e. The number of hydrogen-bond acceptors (Lipinski definition) is 4. The number of nitrogens with zero attached hydrogens (tertiary/aromatic N) is 1. The van der Waals surface area contributed by atoms with Gasteiger partial charge in [-0.1, -0.05) is 60.7 Å². The van der Waals surface area contributed by atoms with E-state index >= 15 is 0 Å².